The highest BCUT2D eigenvalue weighted by molar-refractivity contribution is 7.92. The minimum absolute atomic E-state index is 0.0392. The summed E-state index contributed by atoms with van der Waals surface area (Å²) in [4.78, 5) is 35.5. The van der Waals surface area contributed by atoms with Crippen LogP contribution in [-0.2, 0) is 21.2 Å². The number of anilines is 1. The van der Waals surface area contributed by atoms with Gasteiger partial charge in [0.05, 0.1) is 23.1 Å². The zero-order valence-corrected chi connectivity index (χ0v) is 20.3. The molecule has 0 atom stereocenters. The van der Waals surface area contributed by atoms with E-state index in [1.807, 2.05) is 42.5 Å². The molecule has 1 heterocycles. The first-order chi connectivity index (χ1) is 16.8. The van der Waals surface area contributed by atoms with Crippen LogP contribution >= 0.6 is 0 Å². The summed E-state index contributed by atoms with van der Waals surface area (Å²) in [6, 6.07) is 21.6. The van der Waals surface area contributed by atoms with Gasteiger partial charge < -0.3 is 4.90 Å². The van der Waals surface area contributed by atoms with Crippen LogP contribution in [0.1, 0.15) is 36.5 Å². The van der Waals surface area contributed by atoms with Gasteiger partial charge in [-0.3, -0.25) is 9.59 Å². The predicted molar refractivity (Wildman–Crippen MR) is 135 cm³/mol. The second kappa shape index (κ2) is 10.1. The van der Waals surface area contributed by atoms with Crippen molar-refractivity contribution < 1.29 is 18.0 Å². The average Bonchev–Trinajstić information content (AvgIpc) is 2.87. The molecule has 0 radical (unpaired) electrons. The first-order valence-corrected chi connectivity index (χ1v) is 12.7. The van der Waals surface area contributed by atoms with Gasteiger partial charge in [-0.2, -0.15) is 0 Å². The van der Waals surface area contributed by atoms with Gasteiger partial charge in [0.1, 0.15) is 0 Å². The van der Waals surface area contributed by atoms with E-state index in [0.717, 1.165) is 16.3 Å². The Kier molecular flexibility index (Phi) is 7.02. The summed E-state index contributed by atoms with van der Waals surface area (Å²) < 4.78 is 25.5. The fraction of sp³-hybridized carbons (Fsp3) is 0.185. The predicted octanol–water partition coefficient (Wildman–Crippen LogP) is 4.62. The van der Waals surface area contributed by atoms with Gasteiger partial charge in [0.2, 0.25) is 11.7 Å². The minimum atomic E-state index is -3.55. The molecule has 4 rings (SSSR count). The van der Waals surface area contributed by atoms with E-state index in [4.69, 9.17) is 0 Å². The van der Waals surface area contributed by atoms with Crippen molar-refractivity contribution in [2.75, 3.05) is 4.90 Å². The van der Waals surface area contributed by atoms with Gasteiger partial charge in [0, 0.05) is 18.1 Å². The quantitative estimate of drug-likeness (QED) is 0.266. The van der Waals surface area contributed by atoms with E-state index in [0.29, 0.717) is 5.69 Å². The first kappa shape index (κ1) is 24.2. The Morgan fingerprint density at radius 2 is 1.57 bits per heavy atom. The van der Waals surface area contributed by atoms with Gasteiger partial charge >= 0.3 is 0 Å². The van der Waals surface area contributed by atoms with Crippen LogP contribution in [0.15, 0.2) is 90.1 Å². The molecule has 35 heavy (non-hydrogen) atoms. The molecule has 178 valence electrons. The zero-order chi connectivity index (χ0) is 25.0. The average molecular weight is 488 g/mol. The SMILES string of the molecule is CC(C)S(=O)(=O)c1cccc(N(Cc2ccc3ccccc3c2)C(=O)CC(=O)c2ncccn2)c1. The summed E-state index contributed by atoms with van der Waals surface area (Å²) >= 11 is 0. The third-order valence-corrected chi connectivity index (χ3v) is 7.81. The lowest BCUT2D eigenvalue weighted by Crippen LogP contribution is -2.32. The maximum Gasteiger partial charge on any atom is 0.235 e. The largest absolute Gasteiger partial charge is 0.308 e. The Balaban J connectivity index is 1.71. The molecule has 1 aromatic heterocycles. The minimum Gasteiger partial charge on any atom is -0.308 e. The third kappa shape index (κ3) is 5.44. The maximum atomic E-state index is 13.4. The van der Waals surface area contributed by atoms with Crippen LogP contribution in [0.2, 0.25) is 0 Å². The monoisotopic (exact) mass is 487 g/mol. The topological polar surface area (TPSA) is 97.3 Å². The summed E-state index contributed by atoms with van der Waals surface area (Å²) in [5.41, 5.74) is 1.24. The highest BCUT2D eigenvalue weighted by atomic mass is 32.2. The van der Waals surface area contributed by atoms with Crippen molar-refractivity contribution in [3.8, 4) is 0 Å². The number of carbonyl (C=O) groups excluding carboxylic acids is 2. The van der Waals surface area contributed by atoms with Crippen LogP contribution in [0, 0.1) is 0 Å². The summed E-state index contributed by atoms with van der Waals surface area (Å²) in [5, 5.41) is 1.47. The highest BCUT2D eigenvalue weighted by Crippen LogP contribution is 2.26. The van der Waals surface area contributed by atoms with Crippen molar-refractivity contribution in [1.29, 1.82) is 0 Å². The van der Waals surface area contributed by atoms with E-state index in [2.05, 4.69) is 9.97 Å². The highest BCUT2D eigenvalue weighted by Gasteiger charge is 2.24. The van der Waals surface area contributed by atoms with Crippen molar-refractivity contribution in [2.45, 2.75) is 37.0 Å². The van der Waals surface area contributed by atoms with E-state index in [-0.39, 0.29) is 17.3 Å². The Morgan fingerprint density at radius 3 is 2.29 bits per heavy atom. The molecule has 0 N–H and O–H groups in total. The standard InChI is InChI=1S/C27H25N3O4S/c1-19(2)35(33,34)24-10-5-9-23(16-24)30(26(32)17-25(31)27-28-13-6-14-29-27)18-20-11-12-21-7-3-4-8-22(21)15-20/h3-16,19H,17-18H2,1-2H3. The molecule has 0 aliphatic heterocycles. The Bertz CT molecular complexity index is 1480. The van der Waals surface area contributed by atoms with E-state index in [1.165, 1.54) is 29.4 Å². The number of hydrogen-bond donors (Lipinski definition) is 0. The van der Waals surface area contributed by atoms with E-state index in [1.54, 1.807) is 32.0 Å². The molecule has 0 fully saturated rings. The number of aromatic nitrogens is 2. The smallest absolute Gasteiger partial charge is 0.235 e. The molecule has 7 nitrogen and oxygen atoms in total. The molecule has 0 aliphatic carbocycles. The van der Waals surface area contributed by atoms with Gasteiger partial charge in [-0.05, 0) is 60.5 Å². The fourth-order valence-corrected chi connectivity index (χ4v) is 4.80. The number of carbonyl (C=O) groups is 2. The molecule has 0 bridgehead atoms. The number of Topliss-reactive ketones (excluding diaryl/α,β-unsaturated/α-hetero) is 1. The molecule has 0 saturated carbocycles. The number of fused-ring (bicyclic) bond motifs is 1. The summed E-state index contributed by atoms with van der Waals surface area (Å²) in [6.45, 7) is 3.38. The molecular formula is C27H25N3O4S. The van der Waals surface area contributed by atoms with Gasteiger partial charge in [0.25, 0.3) is 0 Å². The molecule has 0 unspecified atom stereocenters. The fourth-order valence-electron chi connectivity index (χ4n) is 3.70. The normalized spacial score (nSPS) is 11.5. The van der Waals surface area contributed by atoms with Gasteiger partial charge in [0.15, 0.2) is 15.7 Å². The second-order valence-corrected chi connectivity index (χ2v) is 10.9. The number of hydrogen-bond acceptors (Lipinski definition) is 6. The van der Waals surface area contributed by atoms with Crippen molar-refractivity contribution >= 4 is 38.0 Å². The number of sulfone groups is 1. The third-order valence-electron chi connectivity index (χ3n) is 5.66. The van der Waals surface area contributed by atoms with Crippen molar-refractivity contribution in [1.82, 2.24) is 9.97 Å². The molecule has 8 heteroatoms. The van der Waals surface area contributed by atoms with Crippen LogP contribution in [0.5, 0.6) is 0 Å². The summed E-state index contributed by atoms with van der Waals surface area (Å²) in [5.74, 6) is -1.03. The van der Waals surface area contributed by atoms with Crippen molar-refractivity contribution in [3.63, 3.8) is 0 Å². The molecule has 0 saturated heterocycles. The Labute approximate surface area is 204 Å². The number of ketones is 1. The van der Waals surface area contributed by atoms with Crippen LogP contribution in [0.25, 0.3) is 10.8 Å². The number of benzene rings is 3. The number of amides is 1. The van der Waals surface area contributed by atoms with Crippen molar-refractivity contribution in [3.05, 3.63) is 96.6 Å². The molecule has 0 spiro atoms. The number of nitrogens with zero attached hydrogens (tertiary/aromatic N) is 3. The van der Waals surface area contributed by atoms with Gasteiger partial charge in [-0.25, -0.2) is 18.4 Å². The van der Waals surface area contributed by atoms with Crippen LogP contribution in [-0.4, -0.2) is 35.3 Å². The Morgan fingerprint density at radius 1 is 0.857 bits per heavy atom. The number of rotatable bonds is 8. The summed E-state index contributed by atoms with van der Waals surface area (Å²) in [6.07, 6.45) is 2.44. The maximum absolute atomic E-state index is 13.4. The van der Waals surface area contributed by atoms with Crippen LogP contribution in [0.4, 0.5) is 5.69 Å². The molecule has 4 aromatic rings. The van der Waals surface area contributed by atoms with Crippen molar-refractivity contribution in [2.24, 2.45) is 0 Å². The first-order valence-electron chi connectivity index (χ1n) is 11.2. The zero-order valence-electron chi connectivity index (χ0n) is 19.5. The van der Waals surface area contributed by atoms with E-state index >= 15 is 0 Å². The molecule has 1 amide bonds. The van der Waals surface area contributed by atoms with Gasteiger partial charge in [-0.1, -0.05) is 42.5 Å². The Hall–Kier alpha value is -3.91. The van der Waals surface area contributed by atoms with Crippen LogP contribution in [0.3, 0.4) is 0 Å². The van der Waals surface area contributed by atoms with Crippen LogP contribution < -0.4 is 4.90 Å². The lowest BCUT2D eigenvalue weighted by molar-refractivity contribution is -0.117. The lowest BCUT2D eigenvalue weighted by Gasteiger charge is -2.24. The van der Waals surface area contributed by atoms with Gasteiger partial charge in [-0.15, -0.1) is 0 Å². The van der Waals surface area contributed by atoms with E-state index < -0.39 is 33.2 Å². The molecular weight excluding hydrogens is 462 g/mol. The summed E-state index contributed by atoms with van der Waals surface area (Å²) in [7, 11) is -3.55. The molecule has 0 aliphatic rings. The molecule has 3 aromatic carbocycles. The van der Waals surface area contributed by atoms with E-state index in [9.17, 15) is 18.0 Å². The lowest BCUT2D eigenvalue weighted by atomic mass is 10.1. The second-order valence-electron chi connectivity index (χ2n) is 8.42.